The van der Waals surface area contributed by atoms with E-state index in [-0.39, 0.29) is 5.91 Å². The summed E-state index contributed by atoms with van der Waals surface area (Å²) in [6, 6.07) is 16.3. The fraction of sp³-hybridized carbons (Fsp3) is 0.0556. The molecule has 0 fully saturated rings. The Hall–Kier alpha value is -2.92. The number of hydrogen-bond acceptors (Lipinski definition) is 4. The van der Waals surface area contributed by atoms with E-state index in [1.54, 1.807) is 48.8 Å². The van der Waals surface area contributed by atoms with Gasteiger partial charge in [-0.25, -0.2) is 4.98 Å². The first kappa shape index (κ1) is 16.0. The van der Waals surface area contributed by atoms with Crippen LogP contribution in [0.4, 0.5) is 11.4 Å². The van der Waals surface area contributed by atoms with E-state index in [0.717, 1.165) is 11.4 Å². The zero-order valence-electron chi connectivity index (χ0n) is 12.7. The maximum Gasteiger partial charge on any atom is 0.274 e. The fourth-order valence-corrected chi connectivity index (χ4v) is 2.26. The predicted molar refractivity (Wildman–Crippen MR) is 95.2 cm³/mol. The van der Waals surface area contributed by atoms with Crippen LogP contribution in [0.15, 0.2) is 67.0 Å². The van der Waals surface area contributed by atoms with Gasteiger partial charge in [-0.1, -0.05) is 29.8 Å². The summed E-state index contributed by atoms with van der Waals surface area (Å²) >= 11 is 6.03. The first-order valence-corrected chi connectivity index (χ1v) is 7.76. The van der Waals surface area contributed by atoms with E-state index in [1.165, 1.54) is 0 Å². The van der Waals surface area contributed by atoms with E-state index in [9.17, 15) is 4.79 Å². The zero-order chi connectivity index (χ0) is 16.8. The largest absolute Gasteiger partial charge is 0.378 e. The molecule has 5 nitrogen and oxygen atoms in total. The Balaban J connectivity index is 1.61. The van der Waals surface area contributed by atoms with E-state index < -0.39 is 0 Å². The summed E-state index contributed by atoms with van der Waals surface area (Å²) in [6.45, 7) is 0.591. The van der Waals surface area contributed by atoms with Crippen LogP contribution in [0.2, 0.25) is 5.02 Å². The van der Waals surface area contributed by atoms with Crippen molar-refractivity contribution in [3.05, 3.63) is 83.4 Å². The lowest BCUT2D eigenvalue weighted by molar-refractivity contribution is 0.102. The number of hydrogen-bond donors (Lipinski definition) is 2. The highest BCUT2D eigenvalue weighted by atomic mass is 35.5. The van der Waals surface area contributed by atoms with Crippen LogP contribution < -0.4 is 10.6 Å². The molecule has 2 heterocycles. The van der Waals surface area contributed by atoms with Gasteiger partial charge in [0.05, 0.1) is 34.8 Å². The van der Waals surface area contributed by atoms with Gasteiger partial charge in [-0.15, -0.1) is 0 Å². The quantitative estimate of drug-likeness (QED) is 0.738. The molecule has 0 aliphatic rings. The minimum atomic E-state index is -0.306. The van der Waals surface area contributed by atoms with E-state index in [1.807, 2.05) is 18.2 Å². The minimum Gasteiger partial charge on any atom is -0.378 e. The summed E-state index contributed by atoms with van der Waals surface area (Å²) in [5, 5.41) is 6.43. The highest BCUT2D eigenvalue weighted by molar-refractivity contribution is 6.33. The Morgan fingerprint density at radius 1 is 1.00 bits per heavy atom. The van der Waals surface area contributed by atoms with Crippen molar-refractivity contribution in [2.45, 2.75) is 6.54 Å². The summed E-state index contributed by atoms with van der Waals surface area (Å²) < 4.78 is 0. The Morgan fingerprint density at radius 3 is 2.54 bits per heavy atom. The third kappa shape index (κ3) is 4.08. The minimum absolute atomic E-state index is 0.306. The number of pyridine rings is 2. The van der Waals surface area contributed by atoms with Crippen molar-refractivity contribution in [1.82, 2.24) is 9.97 Å². The third-order valence-corrected chi connectivity index (χ3v) is 3.65. The van der Waals surface area contributed by atoms with Crippen LogP contribution >= 0.6 is 11.6 Å². The average Bonchev–Trinajstić information content (AvgIpc) is 2.63. The average molecular weight is 339 g/mol. The highest BCUT2D eigenvalue weighted by Gasteiger charge is 2.09. The molecule has 1 aromatic carbocycles. The van der Waals surface area contributed by atoms with Gasteiger partial charge in [0, 0.05) is 6.20 Å². The first-order valence-electron chi connectivity index (χ1n) is 7.38. The summed E-state index contributed by atoms with van der Waals surface area (Å²) in [6.07, 6.45) is 3.36. The number of aromatic nitrogens is 2. The number of amides is 1. The highest BCUT2D eigenvalue weighted by Crippen LogP contribution is 2.21. The number of benzene rings is 1. The van der Waals surface area contributed by atoms with Crippen LogP contribution in [-0.4, -0.2) is 15.9 Å². The van der Waals surface area contributed by atoms with Crippen molar-refractivity contribution in [3.8, 4) is 0 Å². The molecule has 0 saturated heterocycles. The molecule has 24 heavy (non-hydrogen) atoms. The second-order valence-corrected chi connectivity index (χ2v) is 5.45. The van der Waals surface area contributed by atoms with Crippen LogP contribution in [-0.2, 0) is 6.54 Å². The van der Waals surface area contributed by atoms with Crippen LogP contribution in [0.5, 0.6) is 0 Å². The smallest absolute Gasteiger partial charge is 0.274 e. The van der Waals surface area contributed by atoms with Crippen LogP contribution in [0.25, 0.3) is 0 Å². The molecule has 2 aromatic heterocycles. The van der Waals surface area contributed by atoms with Gasteiger partial charge in [-0.2, -0.15) is 0 Å². The van der Waals surface area contributed by atoms with Gasteiger partial charge in [0.15, 0.2) is 0 Å². The maximum absolute atomic E-state index is 12.2. The van der Waals surface area contributed by atoms with Crippen molar-refractivity contribution in [1.29, 1.82) is 0 Å². The monoisotopic (exact) mass is 338 g/mol. The van der Waals surface area contributed by atoms with E-state index >= 15 is 0 Å². The second kappa shape index (κ2) is 7.57. The molecule has 3 aromatic rings. The predicted octanol–water partition coefficient (Wildman–Crippen LogP) is 3.99. The first-order chi connectivity index (χ1) is 11.7. The molecular formula is C18H15ClN4O. The van der Waals surface area contributed by atoms with Crippen molar-refractivity contribution in [3.63, 3.8) is 0 Å². The SMILES string of the molecule is O=C(Nc1ccccc1Cl)c1ccc(NCc2ccccn2)cn1. The molecule has 0 radical (unpaired) electrons. The molecule has 6 heteroatoms. The van der Waals surface area contributed by atoms with Gasteiger partial charge >= 0.3 is 0 Å². The lowest BCUT2D eigenvalue weighted by Crippen LogP contribution is -2.14. The number of rotatable bonds is 5. The van der Waals surface area contributed by atoms with Gasteiger partial charge in [-0.3, -0.25) is 9.78 Å². The molecule has 0 aliphatic carbocycles. The van der Waals surface area contributed by atoms with Gasteiger partial charge in [-0.05, 0) is 36.4 Å². The number of carbonyl (C=O) groups is 1. The van der Waals surface area contributed by atoms with Gasteiger partial charge in [0.1, 0.15) is 5.69 Å². The van der Waals surface area contributed by atoms with Crippen molar-refractivity contribution < 1.29 is 4.79 Å². The Morgan fingerprint density at radius 2 is 1.83 bits per heavy atom. The van der Waals surface area contributed by atoms with E-state index in [2.05, 4.69) is 20.6 Å². The van der Waals surface area contributed by atoms with Crippen LogP contribution in [0.1, 0.15) is 16.2 Å². The Labute approximate surface area is 144 Å². The molecular weight excluding hydrogens is 324 g/mol. The summed E-state index contributed by atoms with van der Waals surface area (Å²) in [4.78, 5) is 20.6. The maximum atomic E-state index is 12.2. The standard InChI is InChI=1S/C18H15ClN4O/c19-15-6-1-2-7-16(15)23-18(24)17-9-8-14(12-22-17)21-11-13-5-3-4-10-20-13/h1-10,12,21H,11H2,(H,23,24). The van der Waals surface area contributed by atoms with Crippen molar-refractivity contribution >= 4 is 28.9 Å². The Bertz CT molecular complexity index is 822. The molecule has 0 unspecified atom stereocenters. The lowest BCUT2D eigenvalue weighted by Gasteiger charge is -2.08. The normalized spacial score (nSPS) is 10.2. The number of para-hydroxylation sites is 1. The second-order valence-electron chi connectivity index (χ2n) is 5.04. The third-order valence-electron chi connectivity index (χ3n) is 3.32. The fourth-order valence-electron chi connectivity index (χ4n) is 2.08. The van der Waals surface area contributed by atoms with Crippen molar-refractivity contribution in [2.24, 2.45) is 0 Å². The van der Waals surface area contributed by atoms with Gasteiger partial charge < -0.3 is 10.6 Å². The van der Waals surface area contributed by atoms with Gasteiger partial charge in [0.2, 0.25) is 0 Å². The van der Waals surface area contributed by atoms with Crippen molar-refractivity contribution in [2.75, 3.05) is 10.6 Å². The van der Waals surface area contributed by atoms with E-state index in [0.29, 0.717) is 22.9 Å². The number of nitrogens with one attached hydrogen (secondary N) is 2. The summed E-state index contributed by atoms with van der Waals surface area (Å²) in [5.41, 5.74) is 2.62. The Kier molecular flexibility index (Phi) is 5.03. The van der Waals surface area contributed by atoms with Crippen LogP contribution in [0, 0.1) is 0 Å². The zero-order valence-corrected chi connectivity index (χ0v) is 13.5. The molecule has 120 valence electrons. The topological polar surface area (TPSA) is 66.9 Å². The van der Waals surface area contributed by atoms with Crippen LogP contribution in [0.3, 0.4) is 0 Å². The molecule has 0 bridgehead atoms. The molecule has 3 rings (SSSR count). The molecule has 0 aliphatic heterocycles. The molecule has 2 N–H and O–H groups in total. The summed E-state index contributed by atoms with van der Waals surface area (Å²) in [5.74, 6) is -0.306. The number of nitrogens with zero attached hydrogens (tertiary/aromatic N) is 2. The number of halogens is 1. The molecule has 1 amide bonds. The lowest BCUT2D eigenvalue weighted by atomic mass is 10.2. The number of carbonyl (C=O) groups excluding carboxylic acids is 1. The number of anilines is 2. The molecule has 0 saturated carbocycles. The molecule has 0 atom stereocenters. The molecule has 0 spiro atoms. The van der Waals surface area contributed by atoms with Gasteiger partial charge in [0.25, 0.3) is 5.91 Å². The van der Waals surface area contributed by atoms with E-state index in [4.69, 9.17) is 11.6 Å². The summed E-state index contributed by atoms with van der Waals surface area (Å²) in [7, 11) is 0.